The average molecular weight is 191 g/mol. The van der Waals surface area contributed by atoms with Gasteiger partial charge in [0.25, 0.3) is 0 Å². The summed E-state index contributed by atoms with van der Waals surface area (Å²) in [5.41, 5.74) is 6.24. The number of hydrogen-bond acceptors (Lipinski definition) is 2. The van der Waals surface area contributed by atoms with Gasteiger partial charge in [0, 0.05) is 24.0 Å². The van der Waals surface area contributed by atoms with E-state index in [1.165, 1.54) is 5.54 Å². The predicted molar refractivity (Wildman–Crippen MR) is 50.9 cm³/mol. The number of carbonyl (C=O) groups excluding carboxylic acids is 1. The summed E-state index contributed by atoms with van der Waals surface area (Å²) < 4.78 is 0. The summed E-state index contributed by atoms with van der Waals surface area (Å²) in [5, 5.41) is 3.12. The van der Waals surface area contributed by atoms with Gasteiger partial charge in [0.1, 0.15) is 0 Å². The molecule has 70 valence electrons. The van der Waals surface area contributed by atoms with Crippen LogP contribution in [0, 0.1) is 0 Å². The normalized spacial score (nSPS) is 12.2. The number of nitrogens with one attached hydrogen (secondary N) is 1. The quantitative estimate of drug-likeness (QED) is 0.679. The van der Waals surface area contributed by atoms with Crippen molar-refractivity contribution >= 4 is 17.5 Å². The third-order valence-corrected chi connectivity index (χ3v) is 1.58. The summed E-state index contributed by atoms with van der Waals surface area (Å²) in [5.74, 6) is -0.303. The first-order chi connectivity index (χ1) is 5.48. The van der Waals surface area contributed by atoms with E-state index in [9.17, 15) is 4.79 Å². The number of hydrogen-bond donors (Lipinski definition) is 2. The first kappa shape index (κ1) is 11.5. The molecule has 12 heavy (non-hydrogen) atoms. The molecule has 0 atom stereocenters. The van der Waals surface area contributed by atoms with Crippen LogP contribution in [0.4, 0.5) is 0 Å². The topological polar surface area (TPSA) is 55.1 Å². The van der Waals surface area contributed by atoms with Crippen molar-refractivity contribution in [1.82, 2.24) is 5.32 Å². The van der Waals surface area contributed by atoms with Gasteiger partial charge >= 0.3 is 0 Å². The maximum Gasteiger partial charge on any atom is 0.219 e. The highest BCUT2D eigenvalue weighted by molar-refractivity contribution is 6.25. The molecule has 0 radical (unpaired) electrons. The van der Waals surface area contributed by atoms with E-state index in [0.29, 0.717) is 13.0 Å². The summed E-state index contributed by atoms with van der Waals surface area (Å²) in [6.45, 7) is 4.48. The van der Waals surface area contributed by atoms with Crippen LogP contribution in [0.2, 0.25) is 0 Å². The van der Waals surface area contributed by atoms with Crippen molar-refractivity contribution in [1.29, 1.82) is 0 Å². The molecule has 0 aromatic rings. The molecule has 0 saturated heterocycles. The first-order valence-electron chi connectivity index (χ1n) is 3.76. The van der Waals surface area contributed by atoms with Crippen LogP contribution in [0.3, 0.4) is 0 Å². The molecule has 0 saturated carbocycles. The molecular weight excluding hydrogens is 176 g/mol. The van der Waals surface area contributed by atoms with Gasteiger partial charge in [-0.25, -0.2) is 0 Å². The van der Waals surface area contributed by atoms with Gasteiger partial charge in [-0.05, 0) is 13.8 Å². The summed E-state index contributed by atoms with van der Waals surface area (Å²) in [6.07, 6.45) is 2.09. The molecule has 0 aliphatic rings. The molecule has 0 aromatic heterocycles. The second-order valence-corrected chi connectivity index (χ2v) is 3.52. The second-order valence-electron chi connectivity index (χ2n) is 3.27. The second kappa shape index (κ2) is 5.17. The number of nitrogens with two attached hydrogens (primary N) is 1. The highest BCUT2D eigenvalue weighted by Crippen LogP contribution is 2.06. The fraction of sp³-hybridized carbons (Fsp3) is 0.625. The highest BCUT2D eigenvalue weighted by atomic mass is 35.5. The molecule has 0 fully saturated rings. The van der Waals surface area contributed by atoms with Crippen molar-refractivity contribution < 1.29 is 4.79 Å². The third-order valence-electron chi connectivity index (χ3n) is 1.40. The predicted octanol–water partition coefficient (Wildman–Crippen LogP) is 0.983. The van der Waals surface area contributed by atoms with Gasteiger partial charge in [-0.15, -0.1) is 0 Å². The summed E-state index contributed by atoms with van der Waals surface area (Å²) in [4.78, 5) is 10.6. The molecule has 3 N–H and O–H groups in total. The van der Waals surface area contributed by atoms with Gasteiger partial charge < -0.3 is 11.1 Å². The molecule has 0 aromatic carbocycles. The Hall–Kier alpha value is -0.540. The fourth-order valence-electron chi connectivity index (χ4n) is 0.878. The van der Waals surface area contributed by atoms with Crippen LogP contribution in [0.1, 0.15) is 20.3 Å². The lowest BCUT2D eigenvalue weighted by atomic mass is 10.0. The van der Waals surface area contributed by atoms with Crippen LogP contribution >= 0.6 is 11.6 Å². The Morgan fingerprint density at radius 3 is 2.67 bits per heavy atom. The van der Waals surface area contributed by atoms with Crippen molar-refractivity contribution in [3.63, 3.8) is 0 Å². The van der Waals surface area contributed by atoms with Gasteiger partial charge in [-0.2, -0.15) is 0 Å². The standard InChI is InChI=1S/C8H15ClN2O/c1-8(2,6-7(10)12)11-5-3-4-9/h3-4,11H,5-6H2,1-2H3,(H2,10,12)/b4-3+. The van der Waals surface area contributed by atoms with E-state index in [1.807, 2.05) is 13.8 Å². The van der Waals surface area contributed by atoms with Crippen molar-refractivity contribution in [3.05, 3.63) is 11.6 Å². The molecule has 0 spiro atoms. The highest BCUT2D eigenvalue weighted by Gasteiger charge is 2.18. The van der Waals surface area contributed by atoms with Gasteiger partial charge in [0.05, 0.1) is 0 Å². The molecule has 3 nitrogen and oxygen atoms in total. The van der Waals surface area contributed by atoms with Crippen LogP contribution in [-0.2, 0) is 4.79 Å². The lowest BCUT2D eigenvalue weighted by Gasteiger charge is -2.23. The smallest absolute Gasteiger partial charge is 0.219 e. The van der Waals surface area contributed by atoms with Crippen molar-refractivity contribution in [2.75, 3.05) is 6.54 Å². The van der Waals surface area contributed by atoms with Crippen molar-refractivity contribution in [2.24, 2.45) is 5.73 Å². The zero-order valence-corrected chi connectivity index (χ0v) is 8.19. The number of amides is 1. The van der Waals surface area contributed by atoms with Crippen LogP contribution in [0.25, 0.3) is 0 Å². The maximum absolute atomic E-state index is 10.6. The SMILES string of the molecule is CC(C)(CC(N)=O)NC/C=C/Cl. The minimum atomic E-state index is -0.303. The lowest BCUT2D eigenvalue weighted by Crippen LogP contribution is -2.42. The van der Waals surface area contributed by atoms with E-state index >= 15 is 0 Å². The zero-order chi connectivity index (χ0) is 9.61. The average Bonchev–Trinajstić information content (AvgIpc) is 1.84. The Morgan fingerprint density at radius 2 is 2.25 bits per heavy atom. The molecule has 0 rings (SSSR count). The molecule has 0 heterocycles. The van der Waals surface area contributed by atoms with E-state index < -0.39 is 0 Å². The number of primary amides is 1. The Kier molecular flexibility index (Phi) is 4.93. The molecule has 0 unspecified atom stereocenters. The van der Waals surface area contributed by atoms with E-state index in [1.54, 1.807) is 6.08 Å². The zero-order valence-electron chi connectivity index (χ0n) is 7.43. The van der Waals surface area contributed by atoms with Gasteiger partial charge in [-0.1, -0.05) is 17.7 Å². The fourth-order valence-corrected chi connectivity index (χ4v) is 0.967. The van der Waals surface area contributed by atoms with Gasteiger partial charge in [-0.3, -0.25) is 4.79 Å². The maximum atomic E-state index is 10.6. The van der Waals surface area contributed by atoms with E-state index in [2.05, 4.69) is 5.32 Å². The number of rotatable bonds is 5. The molecule has 0 bridgehead atoms. The van der Waals surface area contributed by atoms with Crippen LogP contribution in [-0.4, -0.2) is 18.0 Å². The third kappa shape index (κ3) is 6.19. The van der Waals surface area contributed by atoms with Crippen molar-refractivity contribution in [3.8, 4) is 0 Å². The molecule has 1 amide bonds. The van der Waals surface area contributed by atoms with Gasteiger partial charge in [0.15, 0.2) is 0 Å². The summed E-state index contributed by atoms with van der Waals surface area (Å²) in [6, 6.07) is 0. The van der Waals surface area contributed by atoms with Crippen LogP contribution < -0.4 is 11.1 Å². The Bertz CT molecular complexity index is 178. The summed E-state index contributed by atoms with van der Waals surface area (Å²) >= 11 is 5.32. The van der Waals surface area contributed by atoms with Crippen LogP contribution in [0.5, 0.6) is 0 Å². The monoisotopic (exact) mass is 190 g/mol. The summed E-state index contributed by atoms with van der Waals surface area (Å²) in [7, 11) is 0. The first-order valence-corrected chi connectivity index (χ1v) is 4.20. The lowest BCUT2D eigenvalue weighted by molar-refractivity contribution is -0.119. The Morgan fingerprint density at radius 1 is 1.67 bits per heavy atom. The molecule has 0 aliphatic heterocycles. The Balaban J connectivity index is 3.78. The van der Waals surface area contributed by atoms with Crippen LogP contribution in [0.15, 0.2) is 11.6 Å². The minimum absolute atomic E-state index is 0.262. The molecule has 4 heteroatoms. The minimum Gasteiger partial charge on any atom is -0.370 e. The molecular formula is C8H15ClN2O. The van der Waals surface area contributed by atoms with Gasteiger partial charge in [0.2, 0.25) is 5.91 Å². The largest absolute Gasteiger partial charge is 0.370 e. The number of carbonyl (C=O) groups is 1. The molecule has 0 aliphatic carbocycles. The number of halogens is 1. The van der Waals surface area contributed by atoms with E-state index in [4.69, 9.17) is 17.3 Å². The van der Waals surface area contributed by atoms with Crippen molar-refractivity contribution in [2.45, 2.75) is 25.8 Å². The Labute approximate surface area is 78.0 Å². The van der Waals surface area contributed by atoms with E-state index in [-0.39, 0.29) is 11.4 Å². The van der Waals surface area contributed by atoms with E-state index in [0.717, 1.165) is 0 Å².